The van der Waals surface area contributed by atoms with Gasteiger partial charge in [0.15, 0.2) is 5.13 Å². The van der Waals surface area contributed by atoms with Gasteiger partial charge < -0.3 is 10.1 Å². The molecule has 0 aliphatic carbocycles. The Morgan fingerprint density at radius 2 is 1.82 bits per heavy atom. The summed E-state index contributed by atoms with van der Waals surface area (Å²) in [6.45, 7) is 0.878. The molecule has 3 nitrogen and oxygen atoms in total. The molecule has 1 heterocycles. The molecule has 4 heteroatoms. The zero-order chi connectivity index (χ0) is 15.2. The highest BCUT2D eigenvalue weighted by atomic mass is 32.1. The lowest BCUT2D eigenvalue weighted by molar-refractivity contribution is 0.416. The molecule has 0 bridgehead atoms. The molecule has 1 aromatic heterocycles. The quantitative estimate of drug-likeness (QED) is 0.729. The zero-order valence-corrected chi connectivity index (χ0v) is 13.3. The molecule has 3 aromatic rings. The minimum atomic E-state index is 0.851. The van der Waals surface area contributed by atoms with Crippen molar-refractivity contribution in [2.24, 2.45) is 0 Å². The van der Waals surface area contributed by atoms with Crippen LogP contribution in [0.25, 0.3) is 11.3 Å². The maximum absolute atomic E-state index is 5.39. The third-order valence-electron chi connectivity index (χ3n) is 3.42. The fourth-order valence-corrected chi connectivity index (χ4v) is 3.03. The Morgan fingerprint density at radius 1 is 1.05 bits per heavy atom. The fraction of sp³-hybridized carbons (Fsp3) is 0.167. The van der Waals surface area contributed by atoms with Crippen molar-refractivity contribution in [1.82, 2.24) is 4.98 Å². The molecule has 0 unspecified atom stereocenters. The maximum atomic E-state index is 5.39. The topological polar surface area (TPSA) is 34.1 Å². The van der Waals surface area contributed by atoms with Gasteiger partial charge in [-0.25, -0.2) is 4.98 Å². The Balaban J connectivity index is 1.64. The number of hydrogen-bond donors (Lipinski definition) is 1. The van der Waals surface area contributed by atoms with E-state index >= 15 is 0 Å². The van der Waals surface area contributed by atoms with Gasteiger partial charge in [0.1, 0.15) is 5.75 Å². The molecule has 1 N–H and O–H groups in total. The van der Waals surface area contributed by atoms with Crippen LogP contribution in [-0.2, 0) is 6.42 Å². The summed E-state index contributed by atoms with van der Waals surface area (Å²) in [5.74, 6) is 0.851. The van der Waals surface area contributed by atoms with Crippen molar-refractivity contribution in [3.63, 3.8) is 0 Å². The number of anilines is 1. The van der Waals surface area contributed by atoms with Crippen molar-refractivity contribution in [2.75, 3.05) is 19.0 Å². The second kappa shape index (κ2) is 7.09. The number of benzene rings is 2. The molecule has 0 amide bonds. The number of ether oxygens (including phenoxy) is 1. The van der Waals surface area contributed by atoms with Crippen molar-refractivity contribution in [1.29, 1.82) is 0 Å². The zero-order valence-electron chi connectivity index (χ0n) is 12.5. The van der Waals surface area contributed by atoms with Crippen LogP contribution in [0.5, 0.6) is 5.75 Å². The van der Waals surface area contributed by atoms with Crippen LogP contribution >= 0.6 is 11.3 Å². The third-order valence-corrected chi connectivity index (χ3v) is 4.22. The first-order valence-electron chi connectivity index (χ1n) is 7.23. The second-order valence-electron chi connectivity index (χ2n) is 4.90. The van der Waals surface area contributed by atoms with E-state index in [2.05, 4.69) is 39.9 Å². The van der Waals surface area contributed by atoms with Crippen LogP contribution in [0.4, 0.5) is 5.13 Å². The summed E-state index contributed by atoms with van der Waals surface area (Å²) in [6.07, 6.45) is 0.990. The Kier molecular flexibility index (Phi) is 4.71. The molecular formula is C18H18N2OS. The molecule has 22 heavy (non-hydrogen) atoms. The first kappa shape index (κ1) is 14.6. The van der Waals surface area contributed by atoms with Crippen LogP contribution in [0.2, 0.25) is 0 Å². The molecule has 0 radical (unpaired) electrons. The monoisotopic (exact) mass is 310 g/mol. The van der Waals surface area contributed by atoms with Gasteiger partial charge >= 0.3 is 0 Å². The van der Waals surface area contributed by atoms with Crippen LogP contribution in [0, 0.1) is 0 Å². The predicted octanol–water partition coefficient (Wildman–Crippen LogP) is 4.47. The van der Waals surface area contributed by atoms with Gasteiger partial charge in [0.2, 0.25) is 0 Å². The number of nitrogens with one attached hydrogen (secondary N) is 1. The Bertz CT molecular complexity index is 725. The molecule has 0 atom stereocenters. The summed E-state index contributed by atoms with van der Waals surface area (Å²) in [7, 11) is 1.68. The number of thiazole rings is 1. The van der Waals surface area contributed by atoms with E-state index in [1.165, 1.54) is 5.56 Å². The molecular weight excluding hydrogens is 292 g/mol. The van der Waals surface area contributed by atoms with Gasteiger partial charge in [0, 0.05) is 17.5 Å². The van der Waals surface area contributed by atoms with Crippen LogP contribution in [0.1, 0.15) is 5.56 Å². The van der Waals surface area contributed by atoms with E-state index < -0.39 is 0 Å². The van der Waals surface area contributed by atoms with Crippen molar-refractivity contribution in [3.8, 4) is 17.0 Å². The van der Waals surface area contributed by atoms with Gasteiger partial charge in [-0.1, -0.05) is 42.5 Å². The molecule has 3 rings (SSSR count). The highest BCUT2D eigenvalue weighted by Gasteiger charge is 2.08. The average molecular weight is 310 g/mol. The summed E-state index contributed by atoms with van der Waals surface area (Å²) in [6, 6.07) is 18.4. The van der Waals surface area contributed by atoms with E-state index in [0.29, 0.717) is 0 Å². The largest absolute Gasteiger partial charge is 0.496 e. The normalized spacial score (nSPS) is 10.4. The van der Waals surface area contributed by atoms with Crippen molar-refractivity contribution >= 4 is 16.5 Å². The van der Waals surface area contributed by atoms with Crippen molar-refractivity contribution in [3.05, 3.63) is 65.5 Å². The standard InChI is InChI=1S/C18H18N2OS/c1-21-17-10-6-5-9-15(17)16-13-22-18(20-16)19-12-11-14-7-3-2-4-8-14/h2-10,13H,11-12H2,1H3,(H,19,20). The van der Waals surface area contributed by atoms with Crippen molar-refractivity contribution in [2.45, 2.75) is 6.42 Å². The van der Waals surface area contributed by atoms with E-state index in [0.717, 1.165) is 35.1 Å². The number of rotatable bonds is 6. The smallest absolute Gasteiger partial charge is 0.183 e. The number of para-hydroxylation sites is 1. The van der Waals surface area contributed by atoms with E-state index in [-0.39, 0.29) is 0 Å². The van der Waals surface area contributed by atoms with Gasteiger partial charge in [0.25, 0.3) is 0 Å². The van der Waals surface area contributed by atoms with Gasteiger partial charge in [-0.05, 0) is 24.1 Å². The highest BCUT2D eigenvalue weighted by Crippen LogP contribution is 2.31. The van der Waals surface area contributed by atoms with Crippen molar-refractivity contribution < 1.29 is 4.74 Å². The number of hydrogen-bond acceptors (Lipinski definition) is 4. The molecule has 0 saturated carbocycles. The first-order chi connectivity index (χ1) is 10.9. The summed E-state index contributed by atoms with van der Waals surface area (Å²) in [4.78, 5) is 4.65. The van der Waals surface area contributed by atoms with Crippen LogP contribution < -0.4 is 10.1 Å². The van der Waals surface area contributed by atoms with E-state index in [1.807, 2.05) is 30.3 Å². The molecule has 0 aliphatic heterocycles. The minimum Gasteiger partial charge on any atom is -0.496 e. The van der Waals surface area contributed by atoms with Crippen LogP contribution in [-0.4, -0.2) is 18.6 Å². The summed E-state index contributed by atoms with van der Waals surface area (Å²) >= 11 is 1.62. The molecule has 0 aliphatic rings. The number of methoxy groups -OCH3 is 1. The average Bonchev–Trinajstić information content (AvgIpc) is 3.04. The molecule has 0 fully saturated rings. The Morgan fingerprint density at radius 3 is 2.64 bits per heavy atom. The van der Waals surface area contributed by atoms with Gasteiger partial charge in [-0.3, -0.25) is 0 Å². The van der Waals surface area contributed by atoms with Gasteiger partial charge in [-0.2, -0.15) is 0 Å². The maximum Gasteiger partial charge on any atom is 0.183 e. The number of nitrogens with zero attached hydrogens (tertiary/aromatic N) is 1. The van der Waals surface area contributed by atoms with E-state index in [4.69, 9.17) is 4.74 Å². The van der Waals surface area contributed by atoms with Gasteiger partial charge in [-0.15, -0.1) is 11.3 Å². The van der Waals surface area contributed by atoms with Crippen LogP contribution in [0.15, 0.2) is 60.0 Å². The molecule has 2 aromatic carbocycles. The van der Waals surface area contributed by atoms with E-state index in [1.54, 1.807) is 18.4 Å². The second-order valence-corrected chi connectivity index (χ2v) is 5.76. The number of aromatic nitrogens is 1. The molecule has 0 spiro atoms. The summed E-state index contributed by atoms with van der Waals surface area (Å²) in [5.41, 5.74) is 3.30. The minimum absolute atomic E-state index is 0.851. The summed E-state index contributed by atoms with van der Waals surface area (Å²) < 4.78 is 5.39. The lowest BCUT2D eigenvalue weighted by Crippen LogP contribution is -2.04. The third kappa shape index (κ3) is 3.46. The predicted molar refractivity (Wildman–Crippen MR) is 92.7 cm³/mol. The lowest BCUT2D eigenvalue weighted by atomic mass is 10.1. The first-order valence-corrected chi connectivity index (χ1v) is 8.11. The lowest BCUT2D eigenvalue weighted by Gasteiger charge is -2.05. The summed E-state index contributed by atoms with van der Waals surface area (Å²) in [5, 5.41) is 6.39. The molecule has 112 valence electrons. The molecule has 0 saturated heterocycles. The highest BCUT2D eigenvalue weighted by molar-refractivity contribution is 7.14. The Hall–Kier alpha value is -2.33. The fourth-order valence-electron chi connectivity index (χ4n) is 2.29. The van der Waals surface area contributed by atoms with Crippen LogP contribution in [0.3, 0.4) is 0 Å². The SMILES string of the molecule is COc1ccccc1-c1csc(NCCc2ccccc2)n1. The van der Waals surface area contributed by atoms with Gasteiger partial charge in [0.05, 0.1) is 12.8 Å². The Labute approximate surface area is 134 Å². The van der Waals surface area contributed by atoms with E-state index in [9.17, 15) is 0 Å².